The summed E-state index contributed by atoms with van der Waals surface area (Å²) in [4.78, 5) is 13.4. The molecule has 1 heterocycles. The molecule has 1 amide bonds. The molecule has 1 aliphatic rings. The molecule has 0 bridgehead atoms. The van der Waals surface area contributed by atoms with E-state index in [-0.39, 0.29) is 5.91 Å². The van der Waals surface area contributed by atoms with E-state index in [1.54, 1.807) is 6.92 Å². The zero-order valence-corrected chi connectivity index (χ0v) is 12.1. The molecule has 1 N–H and O–H groups in total. The summed E-state index contributed by atoms with van der Waals surface area (Å²) >= 11 is 0. The van der Waals surface area contributed by atoms with Gasteiger partial charge < -0.3 is 10.0 Å². The normalized spacial score (nSPS) is 15.4. The van der Waals surface area contributed by atoms with Crippen LogP contribution in [0.5, 0.6) is 0 Å². The van der Waals surface area contributed by atoms with Gasteiger partial charge in [-0.3, -0.25) is 4.79 Å². The monoisotopic (exact) mass is 281 g/mol. The number of aliphatic hydroxyl groups is 1. The van der Waals surface area contributed by atoms with Crippen molar-refractivity contribution in [1.82, 2.24) is 4.90 Å². The van der Waals surface area contributed by atoms with E-state index in [1.165, 1.54) is 5.56 Å². The van der Waals surface area contributed by atoms with Crippen LogP contribution in [0.25, 0.3) is 0 Å². The Bertz CT molecular complexity index is 652. The Morgan fingerprint density at radius 3 is 2.57 bits per heavy atom. The van der Waals surface area contributed by atoms with E-state index in [1.807, 2.05) is 47.4 Å². The van der Waals surface area contributed by atoms with Gasteiger partial charge in [-0.25, -0.2) is 0 Å². The average molecular weight is 281 g/mol. The van der Waals surface area contributed by atoms with Crippen LogP contribution in [-0.2, 0) is 17.8 Å². The number of carbonyl (C=O) groups excluding carboxylic acids is 1. The van der Waals surface area contributed by atoms with E-state index in [9.17, 15) is 9.90 Å². The van der Waals surface area contributed by atoms with Crippen LogP contribution < -0.4 is 0 Å². The summed E-state index contributed by atoms with van der Waals surface area (Å²) in [6, 6.07) is 15.7. The molecule has 21 heavy (non-hydrogen) atoms. The first-order valence-electron chi connectivity index (χ1n) is 7.25. The van der Waals surface area contributed by atoms with Gasteiger partial charge in [0, 0.05) is 20.0 Å². The molecule has 0 fully saturated rings. The highest BCUT2D eigenvalue weighted by molar-refractivity contribution is 5.73. The standard InChI is InChI=1S/C18H19NO2/c1-13(20)19-10-9-14-7-8-16(11-17(14)12-19)18(21)15-5-3-2-4-6-15/h2-8,11,18,21H,9-10,12H2,1H3. The third-order valence-corrected chi connectivity index (χ3v) is 4.12. The number of carbonyl (C=O) groups is 1. The molecule has 1 atom stereocenters. The summed E-state index contributed by atoms with van der Waals surface area (Å²) in [5, 5.41) is 10.5. The molecule has 3 rings (SSSR count). The zero-order valence-electron chi connectivity index (χ0n) is 12.1. The average Bonchev–Trinajstić information content (AvgIpc) is 2.54. The summed E-state index contributed by atoms with van der Waals surface area (Å²) in [6.45, 7) is 3.02. The summed E-state index contributed by atoms with van der Waals surface area (Å²) in [5.41, 5.74) is 4.18. The number of fused-ring (bicyclic) bond motifs is 1. The molecule has 0 aliphatic carbocycles. The minimum atomic E-state index is -0.621. The van der Waals surface area contributed by atoms with Crippen LogP contribution in [-0.4, -0.2) is 22.5 Å². The van der Waals surface area contributed by atoms with Crippen LogP contribution in [0.3, 0.4) is 0 Å². The fraction of sp³-hybridized carbons (Fsp3) is 0.278. The molecule has 3 nitrogen and oxygen atoms in total. The van der Waals surface area contributed by atoms with Crippen molar-refractivity contribution in [1.29, 1.82) is 0 Å². The molecule has 0 saturated heterocycles. The molecule has 1 aliphatic heterocycles. The van der Waals surface area contributed by atoms with E-state index < -0.39 is 6.10 Å². The van der Waals surface area contributed by atoms with Gasteiger partial charge in [-0.05, 0) is 28.7 Å². The molecular formula is C18H19NO2. The Hall–Kier alpha value is -2.13. The van der Waals surface area contributed by atoms with Crippen molar-refractivity contribution in [3.8, 4) is 0 Å². The second kappa shape index (κ2) is 5.70. The van der Waals surface area contributed by atoms with Crippen molar-refractivity contribution in [3.63, 3.8) is 0 Å². The van der Waals surface area contributed by atoms with Crippen LogP contribution >= 0.6 is 0 Å². The van der Waals surface area contributed by atoms with Gasteiger partial charge >= 0.3 is 0 Å². The first-order chi connectivity index (χ1) is 10.1. The lowest BCUT2D eigenvalue weighted by atomic mass is 9.93. The highest BCUT2D eigenvalue weighted by Crippen LogP contribution is 2.26. The van der Waals surface area contributed by atoms with Gasteiger partial charge in [0.25, 0.3) is 0 Å². The third kappa shape index (κ3) is 2.83. The van der Waals surface area contributed by atoms with Gasteiger partial charge in [0.1, 0.15) is 6.10 Å². The van der Waals surface area contributed by atoms with Crippen molar-refractivity contribution < 1.29 is 9.90 Å². The summed E-state index contributed by atoms with van der Waals surface area (Å²) in [6.07, 6.45) is 0.264. The maximum atomic E-state index is 11.5. The maximum Gasteiger partial charge on any atom is 0.219 e. The number of hydrogen-bond acceptors (Lipinski definition) is 2. The predicted octanol–water partition coefficient (Wildman–Crippen LogP) is 2.67. The van der Waals surface area contributed by atoms with Crippen molar-refractivity contribution in [2.24, 2.45) is 0 Å². The van der Waals surface area contributed by atoms with Crippen molar-refractivity contribution in [2.45, 2.75) is 26.0 Å². The summed E-state index contributed by atoms with van der Waals surface area (Å²) in [7, 11) is 0. The Kier molecular flexibility index (Phi) is 3.76. The van der Waals surface area contributed by atoms with Crippen molar-refractivity contribution >= 4 is 5.91 Å². The lowest BCUT2D eigenvalue weighted by Crippen LogP contribution is -2.34. The van der Waals surface area contributed by atoms with E-state index in [0.717, 1.165) is 29.7 Å². The number of hydrogen-bond donors (Lipinski definition) is 1. The minimum absolute atomic E-state index is 0.106. The first-order valence-corrected chi connectivity index (χ1v) is 7.25. The largest absolute Gasteiger partial charge is 0.384 e. The number of amides is 1. The predicted molar refractivity (Wildman–Crippen MR) is 81.7 cm³/mol. The molecule has 0 saturated carbocycles. The highest BCUT2D eigenvalue weighted by atomic mass is 16.3. The molecule has 0 radical (unpaired) electrons. The molecule has 3 heteroatoms. The topological polar surface area (TPSA) is 40.5 Å². The van der Waals surface area contributed by atoms with Gasteiger partial charge in [0.05, 0.1) is 0 Å². The Balaban J connectivity index is 1.89. The lowest BCUT2D eigenvalue weighted by molar-refractivity contribution is -0.129. The van der Waals surface area contributed by atoms with Crippen LogP contribution in [0.2, 0.25) is 0 Å². The van der Waals surface area contributed by atoms with E-state index in [4.69, 9.17) is 0 Å². The molecule has 0 aromatic heterocycles. The van der Waals surface area contributed by atoms with E-state index >= 15 is 0 Å². The Morgan fingerprint density at radius 2 is 1.86 bits per heavy atom. The summed E-state index contributed by atoms with van der Waals surface area (Å²) < 4.78 is 0. The fourth-order valence-electron chi connectivity index (χ4n) is 2.84. The van der Waals surface area contributed by atoms with E-state index in [2.05, 4.69) is 6.07 Å². The van der Waals surface area contributed by atoms with Gasteiger partial charge in [0.15, 0.2) is 0 Å². The second-order valence-electron chi connectivity index (χ2n) is 5.53. The molecule has 2 aromatic rings. The molecule has 2 aromatic carbocycles. The SMILES string of the molecule is CC(=O)N1CCc2ccc(C(O)c3ccccc3)cc2C1. The van der Waals surface area contributed by atoms with Gasteiger partial charge in [0.2, 0.25) is 5.91 Å². The lowest BCUT2D eigenvalue weighted by Gasteiger charge is -2.28. The zero-order chi connectivity index (χ0) is 14.8. The molecule has 0 spiro atoms. The van der Waals surface area contributed by atoms with Gasteiger partial charge in [-0.1, -0.05) is 48.5 Å². The van der Waals surface area contributed by atoms with Gasteiger partial charge in [-0.2, -0.15) is 0 Å². The fourth-order valence-corrected chi connectivity index (χ4v) is 2.84. The summed E-state index contributed by atoms with van der Waals surface area (Å²) in [5.74, 6) is 0.106. The van der Waals surface area contributed by atoms with E-state index in [0.29, 0.717) is 6.54 Å². The Morgan fingerprint density at radius 1 is 1.10 bits per heavy atom. The number of aliphatic hydroxyl groups excluding tert-OH is 1. The molecular weight excluding hydrogens is 262 g/mol. The Labute approximate surface area is 124 Å². The molecule has 108 valence electrons. The smallest absolute Gasteiger partial charge is 0.219 e. The maximum absolute atomic E-state index is 11.5. The molecule has 1 unspecified atom stereocenters. The van der Waals surface area contributed by atoms with Gasteiger partial charge in [-0.15, -0.1) is 0 Å². The quantitative estimate of drug-likeness (QED) is 0.919. The van der Waals surface area contributed by atoms with Crippen LogP contribution in [0.15, 0.2) is 48.5 Å². The number of rotatable bonds is 2. The van der Waals surface area contributed by atoms with Crippen molar-refractivity contribution in [3.05, 3.63) is 70.8 Å². The minimum Gasteiger partial charge on any atom is -0.384 e. The van der Waals surface area contributed by atoms with Crippen molar-refractivity contribution in [2.75, 3.05) is 6.54 Å². The van der Waals surface area contributed by atoms with Crippen LogP contribution in [0, 0.1) is 0 Å². The number of benzene rings is 2. The third-order valence-electron chi connectivity index (χ3n) is 4.12. The van der Waals surface area contributed by atoms with Crippen LogP contribution in [0.1, 0.15) is 35.3 Å². The second-order valence-corrected chi connectivity index (χ2v) is 5.53. The van der Waals surface area contributed by atoms with Crippen LogP contribution in [0.4, 0.5) is 0 Å². The first kappa shape index (κ1) is 13.8. The highest BCUT2D eigenvalue weighted by Gasteiger charge is 2.19. The number of nitrogens with zero attached hydrogens (tertiary/aromatic N) is 1.